The molecule has 2 unspecified atom stereocenters. The van der Waals surface area contributed by atoms with Crippen molar-refractivity contribution in [2.24, 2.45) is 11.8 Å². The maximum absolute atomic E-state index is 8.72. The van der Waals surface area contributed by atoms with E-state index in [-0.39, 0.29) is 0 Å². The fraction of sp³-hybridized carbons (Fsp3) is 0.900. The van der Waals surface area contributed by atoms with Crippen LogP contribution in [0.25, 0.3) is 0 Å². The number of hydrogen-bond acceptors (Lipinski definition) is 1. The van der Waals surface area contributed by atoms with Crippen LogP contribution in [0.15, 0.2) is 0 Å². The largest absolute Gasteiger partial charge is 0.198 e. The standard InChI is InChI=1S/C10H17N/c1-2-9-4-3-5-10(8-11)7-6-9/h9-10H,2-7H2,1H3. The first-order valence-electron chi connectivity index (χ1n) is 4.76. The highest BCUT2D eigenvalue weighted by molar-refractivity contribution is 4.85. The summed E-state index contributed by atoms with van der Waals surface area (Å²) < 4.78 is 0. The van der Waals surface area contributed by atoms with E-state index in [9.17, 15) is 0 Å². The SMILES string of the molecule is CCC1CCCC(C#N)CC1. The molecule has 1 fully saturated rings. The number of rotatable bonds is 1. The van der Waals surface area contributed by atoms with Gasteiger partial charge in [-0.2, -0.15) is 5.26 Å². The predicted octanol–water partition coefficient (Wildman–Crippen LogP) is 3.12. The van der Waals surface area contributed by atoms with Gasteiger partial charge in [0.15, 0.2) is 0 Å². The first-order valence-corrected chi connectivity index (χ1v) is 4.76. The van der Waals surface area contributed by atoms with E-state index in [1.165, 1.54) is 25.7 Å². The lowest BCUT2D eigenvalue weighted by atomic mass is 9.97. The van der Waals surface area contributed by atoms with Crippen LogP contribution in [0.2, 0.25) is 0 Å². The second-order valence-corrected chi connectivity index (χ2v) is 3.61. The molecule has 0 radical (unpaired) electrons. The van der Waals surface area contributed by atoms with Gasteiger partial charge in [-0.15, -0.1) is 0 Å². The van der Waals surface area contributed by atoms with E-state index in [4.69, 9.17) is 5.26 Å². The Morgan fingerprint density at radius 1 is 1.27 bits per heavy atom. The Kier molecular flexibility index (Phi) is 3.42. The van der Waals surface area contributed by atoms with Crippen molar-refractivity contribution in [2.45, 2.75) is 45.4 Å². The Morgan fingerprint density at radius 2 is 2.09 bits per heavy atom. The lowest BCUT2D eigenvalue weighted by Gasteiger charge is -2.09. The molecule has 1 nitrogen and oxygen atoms in total. The normalized spacial score (nSPS) is 32.4. The minimum Gasteiger partial charge on any atom is -0.198 e. The summed E-state index contributed by atoms with van der Waals surface area (Å²) in [6.45, 7) is 2.26. The minimum atomic E-state index is 0.367. The van der Waals surface area contributed by atoms with Crippen molar-refractivity contribution in [3.05, 3.63) is 0 Å². The third-order valence-electron chi connectivity index (χ3n) is 2.85. The van der Waals surface area contributed by atoms with Crippen LogP contribution in [-0.2, 0) is 0 Å². The molecule has 11 heavy (non-hydrogen) atoms. The van der Waals surface area contributed by atoms with Crippen molar-refractivity contribution in [3.63, 3.8) is 0 Å². The van der Waals surface area contributed by atoms with Crippen molar-refractivity contribution >= 4 is 0 Å². The van der Waals surface area contributed by atoms with E-state index in [1.54, 1.807) is 0 Å². The summed E-state index contributed by atoms with van der Waals surface area (Å²) in [6, 6.07) is 2.39. The molecule has 0 saturated heterocycles. The van der Waals surface area contributed by atoms with E-state index in [0.717, 1.165) is 18.8 Å². The van der Waals surface area contributed by atoms with Gasteiger partial charge in [0.2, 0.25) is 0 Å². The number of nitriles is 1. The topological polar surface area (TPSA) is 23.8 Å². The summed E-state index contributed by atoms with van der Waals surface area (Å²) in [6.07, 6.45) is 7.51. The lowest BCUT2D eigenvalue weighted by molar-refractivity contribution is 0.442. The molecule has 0 aromatic rings. The summed E-state index contributed by atoms with van der Waals surface area (Å²) in [5.41, 5.74) is 0. The van der Waals surface area contributed by atoms with Gasteiger partial charge in [0.25, 0.3) is 0 Å². The first-order chi connectivity index (χ1) is 5.36. The molecule has 0 aliphatic heterocycles. The molecular weight excluding hydrogens is 134 g/mol. The molecule has 1 heteroatoms. The molecular formula is C10H17N. The highest BCUT2D eigenvalue weighted by atomic mass is 14.3. The van der Waals surface area contributed by atoms with Crippen LogP contribution in [0, 0.1) is 23.2 Å². The molecule has 1 saturated carbocycles. The lowest BCUT2D eigenvalue weighted by Crippen LogP contribution is -1.96. The fourth-order valence-electron chi connectivity index (χ4n) is 1.92. The summed E-state index contributed by atoms with van der Waals surface area (Å²) in [7, 11) is 0. The Hall–Kier alpha value is -0.510. The highest BCUT2D eigenvalue weighted by Crippen LogP contribution is 2.28. The third-order valence-corrected chi connectivity index (χ3v) is 2.85. The molecule has 0 spiro atoms. The van der Waals surface area contributed by atoms with Gasteiger partial charge in [0.05, 0.1) is 6.07 Å². The maximum Gasteiger partial charge on any atom is 0.0655 e. The molecule has 1 aliphatic rings. The molecule has 0 heterocycles. The van der Waals surface area contributed by atoms with Gasteiger partial charge in [-0.1, -0.05) is 26.2 Å². The van der Waals surface area contributed by atoms with Crippen LogP contribution in [0.3, 0.4) is 0 Å². The molecule has 0 N–H and O–H groups in total. The van der Waals surface area contributed by atoms with Crippen LogP contribution in [-0.4, -0.2) is 0 Å². The summed E-state index contributed by atoms with van der Waals surface area (Å²) in [5.74, 6) is 1.28. The van der Waals surface area contributed by atoms with E-state index in [2.05, 4.69) is 13.0 Å². The zero-order chi connectivity index (χ0) is 8.10. The van der Waals surface area contributed by atoms with Gasteiger partial charge in [-0.3, -0.25) is 0 Å². The molecule has 0 aromatic carbocycles. The van der Waals surface area contributed by atoms with Crippen molar-refractivity contribution < 1.29 is 0 Å². The van der Waals surface area contributed by atoms with Crippen molar-refractivity contribution in [2.75, 3.05) is 0 Å². The van der Waals surface area contributed by atoms with Crippen LogP contribution in [0.5, 0.6) is 0 Å². The number of hydrogen-bond donors (Lipinski definition) is 0. The van der Waals surface area contributed by atoms with Gasteiger partial charge in [-0.25, -0.2) is 0 Å². The van der Waals surface area contributed by atoms with Gasteiger partial charge in [0, 0.05) is 5.92 Å². The van der Waals surface area contributed by atoms with E-state index in [0.29, 0.717) is 5.92 Å². The summed E-state index contributed by atoms with van der Waals surface area (Å²) >= 11 is 0. The van der Waals surface area contributed by atoms with Crippen LogP contribution in [0.4, 0.5) is 0 Å². The molecule has 2 atom stereocenters. The molecule has 0 amide bonds. The maximum atomic E-state index is 8.72. The van der Waals surface area contributed by atoms with Gasteiger partial charge >= 0.3 is 0 Å². The molecule has 62 valence electrons. The second-order valence-electron chi connectivity index (χ2n) is 3.61. The number of nitrogens with zero attached hydrogens (tertiary/aromatic N) is 1. The van der Waals surface area contributed by atoms with Gasteiger partial charge in [-0.05, 0) is 25.2 Å². The average Bonchev–Trinajstić information content (AvgIpc) is 2.28. The Morgan fingerprint density at radius 3 is 2.73 bits per heavy atom. The Balaban J connectivity index is 2.34. The first kappa shape index (κ1) is 8.59. The van der Waals surface area contributed by atoms with Crippen molar-refractivity contribution in [1.29, 1.82) is 5.26 Å². The van der Waals surface area contributed by atoms with Crippen LogP contribution in [0.1, 0.15) is 45.4 Å². The second kappa shape index (κ2) is 4.38. The van der Waals surface area contributed by atoms with Gasteiger partial charge in [0.1, 0.15) is 0 Å². The average molecular weight is 151 g/mol. The summed E-state index contributed by atoms with van der Waals surface area (Å²) in [4.78, 5) is 0. The smallest absolute Gasteiger partial charge is 0.0655 e. The Bertz CT molecular complexity index is 145. The van der Waals surface area contributed by atoms with Crippen molar-refractivity contribution in [1.82, 2.24) is 0 Å². The van der Waals surface area contributed by atoms with E-state index < -0.39 is 0 Å². The molecule has 1 aliphatic carbocycles. The minimum absolute atomic E-state index is 0.367. The van der Waals surface area contributed by atoms with E-state index in [1.807, 2.05) is 0 Å². The molecule has 0 bridgehead atoms. The summed E-state index contributed by atoms with van der Waals surface area (Å²) in [5, 5.41) is 8.72. The fourth-order valence-corrected chi connectivity index (χ4v) is 1.92. The zero-order valence-electron chi connectivity index (χ0n) is 7.34. The monoisotopic (exact) mass is 151 g/mol. The molecule has 1 rings (SSSR count). The zero-order valence-corrected chi connectivity index (χ0v) is 7.34. The van der Waals surface area contributed by atoms with Crippen LogP contribution >= 0.6 is 0 Å². The highest BCUT2D eigenvalue weighted by Gasteiger charge is 2.16. The van der Waals surface area contributed by atoms with Gasteiger partial charge < -0.3 is 0 Å². The van der Waals surface area contributed by atoms with Crippen molar-refractivity contribution in [3.8, 4) is 6.07 Å². The predicted molar refractivity (Wildman–Crippen MR) is 46.0 cm³/mol. The Labute approximate surface area is 69.4 Å². The third kappa shape index (κ3) is 2.54. The van der Waals surface area contributed by atoms with Crippen LogP contribution < -0.4 is 0 Å². The quantitative estimate of drug-likeness (QED) is 0.528. The van der Waals surface area contributed by atoms with E-state index >= 15 is 0 Å². The molecule has 0 aromatic heterocycles.